The molecule has 0 N–H and O–H groups in total. The van der Waals surface area contributed by atoms with Crippen LogP contribution in [-0.4, -0.2) is 14.9 Å². The topological polar surface area (TPSA) is 39.4 Å². The lowest BCUT2D eigenvalue weighted by Crippen LogP contribution is -2.04. The molecule has 3 aromatic rings. The molecular formula is C19H17N3OS. The van der Waals surface area contributed by atoms with Gasteiger partial charge in [0.15, 0.2) is 0 Å². The second-order valence-corrected chi connectivity index (χ2v) is 5.63. The molecule has 4 nitrogen and oxygen atoms in total. The summed E-state index contributed by atoms with van der Waals surface area (Å²) in [5.74, 6) is 1.62. The second kappa shape index (κ2) is 7.21. The van der Waals surface area contributed by atoms with Crippen LogP contribution in [0.4, 0.5) is 5.69 Å². The number of ether oxygens (including phenoxy) is 1. The summed E-state index contributed by atoms with van der Waals surface area (Å²) in [4.78, 5) is 4.10. The molecule has 0 aliphatic rings. The summed E-state index contributed by atoms with van der Waals surface area (Å²) in [5.41, 5.74) is 3.72. The predicted octanol–water partition coefficient (Wildman–Crippen LogP) is 5.07. The van der Waals surface area contributed by atoms with E-state index in [0.717, 1.165) is 34.1 Å². The van der Waals surface area contributed by atoms with Crippen molar-refractivity contribution in [3.8, 4) is 11.5 Å². The molecule has 3 rings (SSSR count). The van der Waals surface area contributed by atoms with Crippen molar-refractivity contribution in [1.82, 2.24) is 9.78 Å². The van der Waals surface area contributed by atoms with Crippen molar-refractivity contribution >= 4 is 23.1 Å². The van der Waals surface area contributed by atoms with Crippen molar-refractivity contribution in [1.29, 1.82) is 0 Å². The first-order chi connectivity index (χ1) is 11.7. The van der Waals surface area contributed by atoms with Gasteiger partial charge in [0.2, 0.25) is 0 Å². The van der Waals surface area contributed by atoms with Crippen LogP contribution in [0.1, 0.15) is 17.0 Å². The van der Waals surface area contributed by atoms with Crippen molar-refractivity contribution in [3.63, 3.8) is 0 Å². The van der Waals surface area contributed by atoms with E-state index in [9.17, 15) is 0 Å². The lowest BCUT2D eigenvalue weighted by molar-refractivity contribution is 0.481. The van der Waals surface area contributed by atoms with Gasteiger partial charge in [-0.3, -0.25) is 4.68 Å². The minimum atomic E-state index is 0.644. The van der Waals surface area contributed by atoms with Gasteiger partial charge in [-0.2, -0.15) is 10.1 Å². The number of rotatable bonds is 5. The summed E-state index contributed by atoms with van der Waals surface area (Å²) in [6.45, 7) is 4.55. The van der Waals surface area contributed by atoms with E-state index in [2.05, 4.69) is 21.3 Å². The monoisotopic (exact) mass is 335 g/mol. The predicted molar refractivity (Wildman–Crippen MR) is 98.4 cm³/mol. The van der Waals surface area contributed by atoms with Crippen LogP contribution in [-0.2, 0) is 6.54 Å². The van der Waals surface area contributed by atoms with Crippen molar-refractivity contribution in [2.75, 3.05) is 0 Å². The fourth-order valence-corrected chi connectivity index (χ4v) is 2.65. The average molecular weight is 335 g/mol. The first-order valence-electron chi connectivity index (χ1n) is 7.61. The fourth-order valence-electron chi connectivity index (χ4n) is 2.55. The van der Waals surface area contributed by atoms with E-state index in [0.29, 0.717) is 6.54 Å². The third-order valence-corrected chi connectivity index (χ3v) is 3.80. The molecule has 24 heavy (non-hydrogen) atoms. The number of thiocarbonyl (C=S) groups is 1. The third-order valence-electron chi connectivity index (χ3n) is 3.71. The molecule has 120 valence electrons. The number of hydrogen-bond donors (Lipinski definition) is 0. The summed E-state index contributed by atoms with van der Waals surface area (Å²) < 4.78 is 7.80. The molecule has 2 aromatic carbocycles. The van der Waals surface area contributed by atoms with Crippen molar-refractivity contribution in [2.24, 2.45) is 4.99 Å². The Morgan fingerprint density at radius 2 is 1.83 bits per heavy atom. The lowest BCUT2D eigenvalue weighted by Gasteiger charge is -2.09. The van der Waals surface area contributed by atoms with Gasteiger partial charge >= 0.3 is 0 Å². The number of benzene rings is 2. The standard InChI is InChI=1S/C19H17N3OS/c1-14-19(20-13-24)15(2)22(21-14)12-16-7-6-10-18(11-16)23-17-8-4-3-5-9-17/h3-11H,12H2,1-2H3. The van der Waals surface area contributed by atoms with Crippen LogP contribution in [0.2, 0.25) is 0 Å². The van der Waals surface area contributed by atoms with E-state index in [4.69, 9.17) is 17.0 Å². The molecule has 0 saturated heterocycles. The van der Waals surface area contributed by atoms with E-state index in [1.165, 1.54) is 0 Å². The summed E-state index contributed by atoms with van der Waals surface area (Å²) in [6.07, 6.45) is 0. The molecule has 0 atom stereocenters. The lowest BCUT2D eigenvalue weighted by atomic mass is 10.2. The summed E-state index contributed by atoms with van der Waals surface area (Å²) in [7, 11) is 0. The Hall–Kier alpha value is -2.75. The SMILES string of the molecule is Cc1nn(Cc2cccc(Oc3ccccc3)c2)c(C)c1N=C=S. The zero-order valence-electron chi connectivity index (χ0n) is 13.6. The largest absolute Gasteiger partial charge is 0.457 e. The van der Waals surface area contributed by atoms with Crippen LogP contribution in [0, 0.1) is 13.8 Å². The smallest absolute Gasteiger partial charge is 0.127 e. The molecule has 0 aliphatic carbocycles. The average Bonchev–Trinajstić information content (AvgIpc) is 2.84. The summed E-state index contributed by atoms with van der Waals surface area (Å²) in [6, 6.07) is 17.7. The van der Waals surface area contributed by atoms with Gasteiger partial charge in [-0.15, -0.1) is 0 Å². The molecule has 0 saturated carbocycles. The Bertz CT molecular complexity index is 896. The van der Waals surface area contributed by atoms with Crippen LogP contribution < -0.4 is 4.74 Å². The number of aryl methyl sites for hydroxylation is 1. The van der Waals surface area contributed by atoms with Crippen molar-refractivity contribution in [2.45, 2.75) is 20.4 Å². The Morgan fingerprint density at radius 1 is 1.08 bits per heavy atom. The number of aromatic nitrogens is 2. The molecular weight excluding hydrogens is 318 g/mol. The maximum atomic E-state index is 5.88. The number of isothiocyanates is 1. The number of hydrogen-bond acceptors (Lipinski definition) is 4. The minimum Gasteiger partial charge on any atom is -0.457 e. The van der Waals surface area contributed by atoms with E-state index in [1.54, 1.807) is 0 Å². The molecule has 0 amide bonds. The maximum absolute atomic E-state index is 5.88. The first kappa shape index (κ1) is 16.1. The zero-order valence-corrected chi connectivity index (χ0v) is 14.4. The second-order valence-electron chi connectivity index (χ2n) is 5.44. The highest BCUT2D eigenvalue weighted by Crippen LogP contribution is 2.25. The van der Waals surface area contributed by atoms with Gasteiger partial charge in [-0.1, -0.05) is 30.3 Å². The van der Waals surface area contributed by atoms with E-state index in [1.807, 2.05) is 67.1 Å². The Balaban J connectivity index is 1.83. The molecule has 5 heteroatoms. The Labute approximate surface area is 146 Å². The van der Waals surface area contributed by atoms with E-state index in [-0.39, 0.29) is 0 Å². The van der Waals surface area contributed by atoms with Gasteiger partial charge in [0.05, 0.1) is 23.1 Å². The van der Waals surface area contributed by atoms with Gasteiger partial charge in [0, 0.05) is 0 Å². The van der Waals surface area contributed by atoms with Crippen LogP contribution >= 0.6 is 12.2 Å². The normalized spacial score (nSPS) is 10.2. The summed E-state index contributed by atoms with van der Waals surface area (Å²) >= 11 is 4.70. The first-order valence-corrected chi connectivity index (χ1v) is 8.02. The fraction of sp³-hybridized carbons (Fsp3) is 0.158. The molecule has 0 fully saturated rings. The molecule has 1 aromatic heterocycles. The Kier molecular flexibility index (Phi) is 4.85. The molecule has 0 radical (unpaired) electrons. The minimum absolute atomic E-state index is 0.644. The van der Waals surface area contributed by atoms with E-state index < -0.39 is 0 Å². The highest BCUT2D eigenvalue weighted by molar-refractivity contribution is 7.78. The quantitative estimate of drug-likeness (QED) is 0.482. The maximum Gasteiger partial charge on any atom is 0.127 e. The zero-order chi connectivity index (χ0) is 16.9. The van der Waals surface area contributed by atoms with Crippen LogP contribution in [0.3, 0.4) is 0 Å². The van der Waals surface area contributed by atoms with Gasteiger partial charge in [-0.25, -0.2) is 0 Å². The highest BCUT2D eigenvalue weighted by atomic mass is 32.1. The van der Waals surface area contributed by atoms with E-state index >= 15 is 0 Å². The van der Waals surface area contributed by atoms with Gasteiger partial charge in [0.1, 0.15) is 17.2 Å². The van der Waals surface area contributed by atoms with Crippen LogP contribution in [0.5, 0.6) is 11.5 Å². The number of nitrogens with zero attached hydrogens (tertiary/aromatic N) is 3. The van der Waals surface area contributed by atoms with Crippen LogP contribution in [0.25, 0.3) is 0 Å². The highest BCUT2D eigenvalue weighted by Gasteiger charge is 2.11. The molecule has 1 heterocycles. The number of aliphatic imine (C=N–C) groups is 1. The van der Waals surface area contributed by atoms with Crippen LogP contribution in [0.15, 0.2) is 59.6 Å². The molecule has 0 bridgehead atoms. The molecule has 0 aliphatic heterocycles. The summed E-state index contributed by atoms with van der Waals surface area (Å²) in [5, 5.41) is 6.95. The van der Waals surface area contributed by atoms with Gasteiger partial charge in [0.25, 0.3) is 0 Å². The molecule has 0 spiro atoms. The van der Waals surface area contributed by atoms with Gasteiger partial charge in [-0.05, 0) is 55.9 Å². The van der Waals surface area contributed by atoms with Crippen molar-refractivity contribution < 1.29 is 4.74 Å². The Morgan fingerprint density at radius 3 is 2.58 bits per heavy atom. The third kappa shape index (κ3) is 3.59. The number of para-hydroxylation sites is 1. The van der Waals surface area contributed by atoms with Crippen molar-refractivity contribution in [3.05, 3.63) is 71.5 Å². The molecule has 0 unspecified atom stereocenters. The van der Waals surface area contributed by atoms with Gasteiger partial charge < -0.3 is 4.74 Å².